The summed E-state index contributed by atoms with van der Waals surface area (Å²) < 4.78 is 4.18. The fraction of sp³-hybridized carbons (Fsp3) is 0.462. The number of rotatable bonds is 3. The molecule has 0 radical (unpaired) electrons. The van der Waals surface area contributed by atoms with Crippen molar-refractivity contribution in [2.24, 2.45) is 7.05 Å². The molecule has 0 spiro atoms. The molecule has 2 heterocycles. The fourth-order valence-electron chi connectivity index (χ4n) is 2.13. The van der Waals surface area contributed by atoms with Crippen LogP contribution in [0.1, 0.15) is 34.5 Å². The Morgan fingerprint density at radius 2 is 1.90 bits per heavy atom. The first-order valence-corrected chi connectivity index (χ1v) is 7.20. The minimum Gasteiger partial charge on any atom is -0.317 e. The summed E-state index contributed by atoms with van der Waals surface area (Å²) in [6.45, 7) is 8.26. The molecule has 7 heteroatoms. The maximum absolute atomic E-state index is 12.5. The van der Waals surface area contributed by atoms with Crippen molar-refractivity contribution in [1.82, 2.24) is 19.6 Å². The second-order valence-electron chi connectivity index (χ2n) is 4.69. The summed E-state index contributed by atoms with van der Waals surface area (Å²) in [5.41, 5.74) is 3.82. The van der Waals surface area contributed by atoms with Crippen molar-refractivity contribution < 1.29 is 4.79 Å². The molecule has 0 unspecified atom stereocenters. The smallest absolute Gasteiger partial charge is 0.275 e. The van der Waals surface area contributed by atoms with Crippen LogP contribution >= 0.6 is 15.9 Å². The maximum Gasteiger partial charge on any atom is 0.275 e. The van der Waals surface area contributed by atoms with Gasteiger partial charge < -0.3 is 5.32 Å². The molecule has 2 aromatic heterocycles. The van der Waals surface area contributed by atoms with Gasteiger partial charge in [-0.3, -0.25) is 14.2 Å². The van der Waals surface area contributed by atoms with Gasteiger partial charge in [0, 0.05) is 13.6 Å². The van der Waals surface area contributed by atoms with Crippen LogP contribution in [0.25, 0.3) is 0 Å². The summed E-state index contributed by atoms with van der Waals surface area (Å²) in [4.78, 5) is 12.5. The van der Waals surface area contributed by atoms with E-state index in [-0.39, 0.29) is 5.91 Å². The van der Waals surface area contributed by atoms with E-state index in [1.165, 1.54) is 0 Å². The standard InChI is InChI=1S/C13H18BrN5O/c1-6-19-12(10(14)7(2)17-19)13(20)15-11-8(3)16-18(5)9(11)4/h6H2,1-5H3,(H,15,20). The van der Waals surface area contributed by atoms with Gasteiger partial charge in [-0.15, -0.1) is 0 Å². The number of hydrogen-bond acceptors (Lipinski definition) is 3. The highest BCUT2D eigenvalue weighted by Gasteiger charge is 2.21. The molecule has 0 fully saturated rings. The molecule has 0 bridgehead atoms. The van der Waals surface area contributed by atoms with Crippen molar-refractivity contribution in [3.63, 3.8) is 0 Å². The van der Waals surface area contributed by atoms with E-state index in [1.54, 1.807) is 9.36 Å². The van der Waals surface area contributed by atoms with E-state index in [4.69, 9.17) is 0 Å². The van der Waals surface area contributed by atoms with Gasteiger partial charge >= 0.3 is 0 Å². The Kier molecular flexibility index (Phi) is 3.99. The average molecular weight is 340 g/mol. The van der Waals surface area contributed by atoms with E-state index >= 15 is 0 Å². The van der Waals surface area contributed by atoms with Crippen LogP contribution in [0, 0.1) is 20.8 Å². The molecule has 1 amide bonds. The highest BCUT2D eigenvalue weighted by molar-refractivity contribution is 9.10. The molecule has 1 N–H and O–H groups in total. The fourth-order valence-corrected chi connectivity index (χ4v) is 2.60. The minimum atomic E-state index is -0.182. The van der Waals surface area contributed by atoms with Crippen LogP contribution in [0.5, 0.6) is 0 Å². The zero-order valence-corrected chi connectivity index (χ0v) is 13.9. The topological polar surface area (TPSA) is 64.7 Å². The number of anilines is 1. The SMILES string of the molecule is CCn1nc(C)c(Br)c1C(=O)Nc1c(C)nn(C)c1C. The second kappa shape index (κ2) is 5.40. The summed E-state index contributed by atoms with van der Waals surface area (Å²) >= 11 is 3.43. The van der Waals surface area contributed by atoms with Gasteiger partial charge in [0.05, 0.1) is 27.2 Å². The van der Waals surface area contributed by atoms with Gasteiger partial charge in [-0.2, -0.15) is 10.2 Å². The quantitative estimate of drug-likeness (QED) is 0.934. The van der Waals surface area contributed by atoms with Crippen LogP contribution in [-0.4, -0.2) is 25.5 Å². The molecular weight excluding hydrogens is 322 g/mol. The lowest BCUT2D eigenvalue weighted by atomic mass is 10.3. The lowest BCUT2D eigenvalue weighted by molar-refractivity contribution is 0.101. The van der Waals surface area contributed by atoms with Gasteiger partial charge in [0.15, 0.2) is 0 Å². The van der Waals surface area contributed by atoms with Crippen molar-refractivity contribution in [3.05, 3.63) is 27.2 Å². The summed E-state index contributed by atoms with van der Waals surface area (Å²) in [7, 11) is 1.86. The zero-order chi connectivity index (χ0) is 15.0. The largest absolute Gasteiger partial charge is 0.317 e. The van der Waals surface area contributed by atoms with Gasteiger partial charge in [0.2, 0.25) is 0 Å². The van der Waals surface area contributed by atoms with Crippen molar-refractivity contribution >= 4 is 27.5 Å². The summed E-state index contributed by atoms with van der Waals surface area (Å²) in [6.07, 6.45) is 0. The predicted octanol–water partition coefficient (Wildman–Crippen LogP) is 2.58. The average Bonchev–Trinajstić information content (AvgIpc) is 2.81. The molecule has 2 aromatic rings. The number of nitrogens with zero attached hydrogens (tertiary/aromatic N) is 4. The first kappa shape index (κ1) is 14.8. The summed E-state index contributed by atoms with van der Waals surface area (Å²) in [5.74, 6) is -0.182. The third-order valence-electron chi connectivity index (χ3n) is 3.32. The molecular formula is C13H18BrN5O. The number of amides is 1. The van der Waals surface area contributed by atoms with Crippen LogP contribution in [0.4, 0.5) is 5.69 Å². The van der Waals surface area contributed by atoms with E-state index in [9.17, 15) is 4.79 Å². The Hall–Kier alpha value is -1.63. The lowest BCUT2D eigenvalue weighted by Gasteiger charge is -2.07. The van der Waals surface area contributed by atoms with Crippen LogP contribution < -0.4 is 5.32 Å². The molecule has 2 rings (SSSR count). The maximum atomic E-state index is 12.5. The molecule has 0 atom stereocenters. The third-order valence-corrected chi connectivity index (χ3v) is 4.27. The molecule has 6 nitrogen and oxygen atoms in total. The number of aryl methyl sites for hydroxylation is 4. The second-order valence-corrected chi connectivity index (χ2v) is 5.48. The normalized spacial score (nSPS) is 10.9. The van der Waals surface area contributed by atoms with Crippen molar-refractivity contribution in [2.75, 3.05) is 5.32 Å². The number of aromatic nitrogens is 4. The van der Waals surface area contributed by atoms with Gasteiger partial charge in [-0.25, -0.2) is 0 Å². The lowest BCUT2D eigenvalue weighted by Crippen LogP contribution is -2.18. The van der Waals surface area contributed by atoms with Crippen LogP contribution in [0.3, 0.4) is 0 Å². The number of hydrogen-bond donors (Lipinski definition) is 1. The molecule has 20 heavy (non-hydrogen) atoms. The van der Waals surface area contributed by atoms with E-state index in [1.807, 2.05) is 34.7 Å². The molecule has 0 aliphatic rings. The van der Waals surface area contributed by atoms with E-state index in [0.29, 0.717) is 12.2 Å². The molecule has 0 saturated heterocycles. The molecule has 0 aliphatic heterocycles. The Balaban J connectivity index is 2.38. The number of nitrogens with one attached hydrogen (secondary N) is 1. The minimum absolute atomic E-state index is 0.182. The van der Waals surface area contributed by atoms with Gasteiger partial charge in [0.25, 0.3) is 5.91 Å². The molecule has 0 aliphatic carbocycles. The Morgan fingerprint density at radius 1 is 1.25 bits per heavy atom. The zero-order valence-electron chi connectivity index (χ0n) is 12.3. The molecule has 0 aromatic carbocycles. The highest BCUT2D eigenvalue weighted by Crippen LogP contribution is 2.24. The predicted molar refractivity (Wildman–Crippen MR) is 81.0 cm³/mol. The third kappa shape index (κ3) is 2.37. The van der Waals surface area contributed by atoms with Crippen LogP contribution in [0.15, 0.2) is 4.47 Å². The van der Waals surface area contributed by atoms with Gasteiger partial charge in [-0.05, 0) is 43.6 Å². The Morgan fingerprint density at radius 3 is 2.40 bits per heavy atom. The van der Waals surface area contributed by atoms with Gasteiger partial charge in [-0.1, -0.05) is 0 Å². The summed E-state index contributed by atoms with van der Waals surface area (Å²) in [5, 5.41) is 11.6. The van der Waals surface area contributed by atoms with E-state index in [0.717, 1.165) is 27.2 Å². The molecule has 108 valence electrons. The van der Waals surface area contributed by atoms with Crippen molar-refractivity contribution in [2.45, 2.75) is 34.2 Å². The summed E-state index contributed by atoms with van der Waals surface area (Å²) in [6, 6.07) is 0. The van der Waals surface area contributed by atoms with E-state index < -0.39 is 0 Å². The first-order valence-electron chi connectivity index (χ1n) is 6.41. The molecule has 0 saturated carbocycles. The number of carbonyl (C=O) groups excluding carboxylic acids is 1. The Labute approximate surface area is 126 Å². The number of halogens is 1. The Bertz CT molecular complexity index is 671. The van der Waals surface area contributed by atoms with Crippen LogP contribution in [0.2, 0.25) is 0 Å². The first-order chi connectivity index (χ1) is 9.36. The van der Waals surface area contributed by atoms with E-state index in [2.05, 4.69) is 31.4 Å². The monoisotopic (exact) mass is 339 g/mol. The van der Waals surface area contributed by atoms with Crippen molar-refractivity contribution in [3.8, 4) is 0 Å². The van der Waals surface area contributed by atoms with Crippen molar-refractivity contribution in [1.29, 1.82) is 0 Å². The van der Waals surface area contributed by atoms with Gasteiger partial charge in [0.1, 0.15) is 5.69 Å². The highest BCUT2D eigenvalue weighted by atomic mass is 79.9. The number of carbonyl (C=O) groups is 1. The van der Waals surface area contributed by atoms with Crippen LogP contribution in [-0.2, 0) is 13.6 Å².